The Balaban J connectivity index is 1.75. The molecule has 0 bridgehead atoms. The third-order valence-electron chi connectivity index (χ3n) is 6.79. The molecule has 1 saturated heterocycles. The molecule has 10 heteroatoms. The number of amides is 2. The third-order valence-corrected chi connectivity index (χ3v) is 7.09. The lowest BCUT2D eigenvalue weighted by atomic mass is 9.95. The molecular weight excluding hydrogens is 490 g/mol. The van der Waals surface area contributed by atoms with Crippen molar-refractivity contribution < 1.29 is 23.5 Å². The van der Waals surface area contributed by atoms with Gasteiger partial charge >= 0.3 is 0 Å². The Bertz CT molecular complexity index is 1420. The Morgan fingerprint density at radius 3 is 2.53 bits per heavy atom. The van der Waals surface area contributed by atoms with Gasteiger partial charge in [0.25, 0.3) is 5.91 Å². The monoisotopic (exact) mass is 512 g/mol. The maximum atomic E-state index is 16.1. The number of carbonyl (C=O) groups excluding carboxylic acids is 2. The fourth-order valence-corrected chi connectivity index (χ4v) is 5.22. The molecule has 2 aliphatic heterocycles. The fourth-order valence-electron chi connectivity index (χ4n) is 4.93. The highest BCUT2D eigenvalue weighted by molar-refractivity contribution is 6.34. The summed E-state index contributed by atoms with van der Waals surface area (Å²) in [6.07, 6.45) is 1.67. The molecule has 3 aromatic rings. The molecule has 3 heterocycles. The minimum atomic E-state index is -0.881. The predicted molar refractivity (Wildman–Crippen MR) is 133 cm³/mol. The number of rotatable bonds is 3. The van der Waals surface area contributed by atoms with E-state index in [1.807, 2.05) is 4.90 Å². The highest BCUT2D eigenvalue weighted by Gasteiger charge is 2.34. The average molecular weight is 513 g/mol. The number of piperazine rings is 1. The summed E-state index contributed by atoms with van der Waals surface area (Å²) in [6, 6.07) is 5.14. The van der Waals surface area contributed by atoms with Crippen LogP contribution in [0.4, 0.5) is 14.5 Å². The van der Waals surface area contributed by atoms with Gasteiger partial charge < -0.3 is 19.8 Å². The molecule has 0 saturated carbocycles. The number of nitrogens with zero attached hydrogens (tertiary/aromatic N) is 4. The number of fused-ring (bicyclic) bond motifs is 2. The first-order valence-electron chi connectivity index (χ1n) is 11.5. The van der Waals surface area contributed by atoms with Crippen LogP contribution < -0.4 is 4.90 Å². The van der Waals surface area contributed by atoms with Crippen LogP contribution in [0.15, 0.2) is 36.9 Å². The SMILES string of the molecule is C=CC(=O)N1CCN(c2c3c(nc4c(F)c(-c5c(O)cccc5F)c(Cl)cc24)CCN(C)C3=O)CC1. The van der Waals surface area contributed by atoms with Crippen LogP contribution in [-0.4, -0.2) is 71.5 Å². The van der Waals surface area contributed by atoms with Gasteiger partial charge in [-0.2, -0.15) is 0 Å². The molecule has 1 N–H and O–H groups in total. The molecule has 0 radical (unpaired) electrons. The van der Waals surface area contributed by atoms with E-state index in [9.17, 15) is 19.1 Å². The van der Waals surface area contributed by atoms with Crippen LogP contribution in [0.1, 0.15) is 16.1 Å². The number of carbonyl (C=O) groups is 2. The molecule has 2 aromatic carbocycles. The molecule has 5 rings (SSSR count). The number of pyridine rings is 1. The number of aromatic hydroxyl groups is 1. The average Bonchev–Trinajstić information content (AvgIpc) is 2.87. The minimum Gasteiger partial charge on any atom is -0.507 e. The Morgan fingerprint density at radius 1 is 1.14 bits per heavy atom. The number of hydrogen-bond acceptors (Lipinski definition) is 5. The van der Waals surface area contributed by atoms with Crippen LogP contribution in [0.2, 0.25) is 5.02 Å². The first-order valence-corrected chi connectivity index (χ1v) is 11.8. The van der Waals surface area contributed by atoms with E-state index in [-0.39, 0.29) is 33.5 Å². The Labute approximate surface area is 211 Å². The van der Waals surface area contributed by atoms with Gasteiger partial charge in [0.15, 0.2) is 5.82 Å². The molecule has 7 nitrogen and oxygen atoms in total. The summed E-state index contributed by atoms with van der Waals surface area (Å²) < 4.78 is 30.7. The zero-order valence-electron chi connectivity index (χ0n) is 19.5. The minimum absolute atomic E-state index is 0.0623. The summed E-state index contributed by atoms with van der Waals surface area (Å²) in [5, 5.41) is 10.5. The number of benzene rings is 2. The highest BCUT2D eigenvalue weighted by atomic mass is 35.5. The zero-order chi connectivity index (χ0) is 25.7. The van der Waals surface area contributed by atoms with E-state index in [1.165, 1.54) is 24.3 Å². The van der Waals surface area contributed by atoms with Crippen molar-refractivity contribution in [1.82, 2.24) is 14.8 Å². The summed E-state index contributed by atoms with van der Waals surface area (Å²) >= 11 is 6.51. The molecule has 186 valence electrons. The number of likely N-dealkylation sites (N-methyl/N-ethyl adjacent to an activating group) is 1. The van der Waals surface area contributed by atoms with E-state index in [1.54, 1.807) is 16.8 Å². The first-order chi connectivity index (χ1) is 17.2. The summed E-state index contributed by atoms with van der Waals surface area (Å²) in [6.45, 7) is 5.54. The number of aromatic nitrogens is 1. The lowest BCUT2D eigenvalue weighted by molar-refractivity contribution is -0.126. The number of phenolic OH excluding ortho intramolecular Hbond substituents is 1. The second kappa shape index (κ2) is 9.05. The van der Waals surface area contributed by atoms with Crippen molar-refractivity contribution in [2.45, 2.75) is 6.42 Å². The zero-order valence-corrected chi connectivity index (χ0v) is 20.3. The van der Waals surface area contributed by atoms with Crippen LogP contribution in [-0.2, 0) is 11.2 Å². The second-order valence-corrected chi connectivity index (χ2v) is 9.26. The normalized spacial score (nSPS) is 15.9. The highest BCUT2D eigenvalue weighted by Crippen LogP contribution is 2.44. The largest absolute Gasteiger partial charge is 0.507 e. The van der Waals surface area contributed by atoms with E-state index in [4.69, 9.17) is 11.6 Å². The second-order valence-electron chi connectivity index (χ2n) is 8.85. The first kappa shape index (κ1) is 24.0. The van der Waals surface area contributed by atoms with E-state index >= 15 is 4.39 Å². The fraction of sp³-hybridized carbons (Fsp3) is 0.269. The Morgan fingerprint density at radius 2 is 1.86 bits per heavy atom. The number of halogens is 3. The Hall–Kier alpha value is -3.72. The van der Waals surface area contributed by atoms with Gasteiger partial charge in [0.1, 0.15) is 17.1 Å². The van der Waals surface area contributed by atoms with Crippen LogP contribution >= 0.6 is 11.6 Å². The van der Waals surface area contributed by atoms with Crippen molar-refractivity contribution in [1.29, 1.82) is 0 Å². The van der Waals surface area contributed by atoms with E-state index in [0.717, 1.165) is 6.07 Å². The third kappa shape index (κ3) is 3.74. The van der Waals surface area contributed by atoms with Crippen LogP contribution in [0.25, 0.3) is 22.0 Å². The lowest BCUT2D eigenvalue weighted by Gasteiger charge is -2.38. The number of hydrogen-bond donors (Lipinski definition) is 1. The van der Waals surface area contributed by atoms with Crippen molar-refractivity contribution in [2.24, 2.45) is 0 Å². The van der Waals surface area contributed by atoms with Gasteiger partial charge in [-0.15, -0.1) is 0 Å². The predicted octanol–water partition coefficient (Wildman–Crippen LogP) is 4.00. The van der Waals surface area contributed by atoms with Crippen LogP contribution in [0, 0.1) is 11.6 Å². The summed E-state index contributed by atoms with van der Waals surface area (Å²) in [7, 11) is 1.69. The van der Waals surface area contributed by atoms with Crippen LogP contribution in [0.5, 0.6) is 5.75 Å². The standard InChI is InChI=1S/C26H23ClF2N4O3/c1-3-19(35)32-9-11-33(12-10-32)25-14-13-15(27)20(21-16(28)5-4-6-18(21)34)23(29)24(14)30-17-7-8-31(2)26(36)22(17)25/h3-6,13,34H,1,7-12H2,2H3. The van der Waals surface area contributed by atoms with E-state index in [2.05, 4.69) is 11.6 Å². The van der Waals surface area contributed by atoms with Gasteiger partial charge in [-0.25, -0.2) is 13.8 Å². The molecule has 2 aliphatic rings. The molecule has 1 fully saturated rings. The maximum Gasteiger partial charge on any atom is 0.257 e. The molecule has 36 heavy (non-hydrogen) atoms. The van der Waals surface area contributed by atoms with Gasteiger partial charge in [-0.3, -0.25) is 9.59 Å². The van der Waals surface area contributed by atoms with Gasteiger partial charge in [0.05, 0.1) is 27.5 Å². The molecule has 1 aromatic heterocycles. The van der Waals surface area contributed by atoms with Crippen molar-refractivity contribution in [3.8, 4) is 16.9 Å². The van der Waals surface area contributed by atoms with Crippen LogP contribution in [0.3, 0.4) is 0 Å². The molecule has 0 unspecified atom stereocenters. The summed E-state index contributed by atoms with van der Waals surface area (Å²) in [5.41, 5.74) is 0.594. The van der Waals surface area contributed by atoms with E-state index < -0.39 is 17.4 Å². The molecule has 0 atom stereocenters. The van der Waals surface area contributed by atoms with Gasteiger partial charge in [-0.1, -0.05) is 24.2 Å². The molecule has 0 aliphatic carbocycles. The molecule has 0 spiro atoms. The number of phenols is 1. The smallest absolute Gasteiger partial charge is 0.257 e. The summed E-state index contributed by atoms with van der Waals surface area (Å²) in [5.74, 6) is -2.58. The van der Waals surface area contributed by atoms with Crippen molar-refractivity contribution in [3.63, 3.8) is 0 Å². The van der Waals surface area contributed by atoms with Gasteiger partial charge in [0, 0.05) is 57.1 Å². The van der Waals surface area contributed by atoms with Gasteiger partial charge in [0.2, 0.25) is 5.91 Å². The van der Waals surface area contributed by atoms with Crippen molar-refractivity contribution >= 4 is 40.0 Å². The quantitative estimate of drug-likeness (QED) is 0.537. The maximum absolute atomic E-state index is 16.1. The van der Waals surface area contributed by atoms with Gasteiger partial charge in [-0.05, 0) is 24.3 Å². The lowest BCUT2D eigenvalue weighted by Crippen LogP contribution is -2.49. The van der Waals surface area contributed by atoms with Crippen molar-refractivity contribution in [3.05, 3.63) is 64.8 Å². The van der Waals surface area contributed by atoms with Crippen molar-refractivity contribution in [2.75, 3.05) is 44.7 Å². The number of anilines is 1. The van der Waals surface area contributed by atoms with E-state index in [0.29, 0.717) is 61.5 Å². The molecular formula is C26H23ClF2N4O3. The molecule has 2 amide bonds. The topological polar surface area (TPSA) is 77.0 Å². The Kier molecular flexibility index (Phi) is 6.04. The summed E-state index contributed by atoms with van der Waals surface area (Å²) in [4.78, 5) is 35.0.